The van der Waals surface area contributed by atoms with Gasteiger partial charge in [0.2, 0.25) is 0 Å². The lowest BCUT2D eigenvalue weighted by atomic mass is 9.96. The summed E-state index contributed by atoms with van der Waals surface area (Å²) in [4.78, 5) is 12.3. The number of hydrogen-bond acceptors (Lipinski definition) is 3. The number of hydrogen-bond donors (Lipinski definition) is 0. The summed E-state index contributed by atoms with van der Waals surface area (Å²) < 4.78 is 10.6. The van der Waals surface area contributed by atoms with E-state index < -0.39 is 5.60 Å². The van der Waals surface area contributed by atoms with Crippen molar-refractivity contribution >= 4 is 17.4 Å². The monoisotopic (exact) mass is 256 g/mol. The van der Waals surface area contributed by atoms with E-state index in [0.29, 0.717) is 22.9 Å². The van der Waals surface area contributed by atoms with Crippen LogP contribution < -0.4 is 4.74 Å². The molecule has 0 saturated heterocycles. The SMILES string of the molecule is CCOC(C)(C)C(=O)c1cc(Cl)ccc1OC. The summed E-state index contributed by atoms with van der Waals surface area (Å²) in [5.74, 6) is 0.367. The van der Waals surface area contributed by atoms with Crippen LogP contribution in [0.4, 0.5) is 0 Å². The molecule has 17 heavy (non-hydrogen) atoms. The normalized spacial score (nSPS) is 11.4. The molecule has 94 valence electrons. The largest absolute Gasteiger partial charge is 0.496 e. The number of ether oxygens (including phenoxy) is 2. The first-order valence-electron chi connectivity index (χ1n) is 5.44. The molecule has 0 aliphatic heterocycles. The van der Waals surface area contributed by atoms with Crippen molar-refractivity contribution in [2.24, 2.45) is 0 Å². The van der Waals surface area contributed by atoms with Crippen LogP contribution in [0.2, 0.25) is 5.02 Å². The van der Waals surface area contributed by atoms with Crippen LogP contribution in [0.1, 0.15) is 31.1 Å². The molecule has 0 fully saturated rings. The quantitative estimate of drug-likeness (QED) is 0.758. The van der Waals surface area contributed by atoms with Crippen LogP contribution in [-0.2, 0) is 4.74 Å². The van der Waals surface area contributed by atoms with Crippen LogP contribution in [0.3, 0.4) is 0 Å². The van der Waals surface area contributed by atoms with E-state index in [1.807, 2.05) is 6.92 Å². The maximum Gasteiger partial charge on any atom is 0.197 e. The first-order valence-corrected chi connectivity index (χ1v) is 5.82. The molecule has 0 spiro atoms. The van der Waals surface area contributed by atoms with Gasteiger partial charge in [0.15, 0.2) is 5.78 Å². The Morgan fingerprint density at radius 3 is 2.59 bits per heavy atom. The first-order chi connectivity index (χ1) is 7.92. The molecule has 0 bridgehead atoms. The summed E-state index contributed by atoms with van der Waals surface area (Å²) in [6, 6.07) is 4.96. The predicted octanol–water partition coefficient (Wildman–Crippen LogP) is 3.35. The molecule has 0 N–H and O–H groups in total. The van der Waals surface area contributed by atoms with E-state index in [-0.39, 0.29) is 5.78 Å². The summed E-state index contributed by atoms with van der Waals surface area (Å²) in [5, 5.41) is 0.501. The van der Waals surface area contributed by atoms with Crippen molar-refractivity contribution in [1.29, 1.82) is 0 Å². The molecule has 0 heterocycles. The number of Topliss-reactive ketones (excluding diaryl/α,β-unsaturated/α-hetero) is 1. The maximum atomic E-state index is 12.3. The Bertz CT molecular complexity index is 413. The van der Waals surface area contributed by atoms with Crippen molar-refractivity contribution in [2.45, 2.75) is 26.4 Å². The van der Waals surface area contributed by atoms with Crippen molar-refractivity contribution in [3.05, 3.63) is 28.8 Å². The molecule has 0 atom stereocenters. The minimum Gasteiger partial charge on any atom is -0.496 e. The topological polar surface area (TPSA) is 35.5 Å². The van der Waals surface area contributed by atoms with Gasteiger partial charge in [0, 0.05) is 11.6 Å². The molecule has 4 heteroatoms. The Kier molecular flexibility index (Phi) is 4.54. The van der Waals surface area contributed by atoms with Gasteiger partial charge >= 0.3 is 0 Å². The Hall–Kier alpha value is -1.06. The van der Waals surface area contributed by atoms with Crippen molar-refractivity contribution in [3.63, 3.8) is 0 Å². The second-order valence-electron chi connectivity index (χ2n) is 4.12. The van der Waals surface area contributed by atoms with Crippen LogP contribution >= 0.6 is 11.6 Å². The van der Waals surface area contributed by atoms with Gasteiger partial charge in [-0.25, -0.2) is 0 Å². The van der Waals surface area contributed by atoms with Gasteiger partial charge in [-0.2, -0.15) is 0 Å². The van der Waals surface area contributed by atoms with E-state index >= 15 is 0 Å². The minimum absolute atomic E-state index is 0.140. The number of carbonyl (C=O) groups excluding carboxylic acids is 1. The zero-order chi connectivity index (χ0) is 13.1. The molecule has 0 aliphatic rings. The third-order valence-corrected chi connectivity index (χ3v) is 2.69. The summed E-state index contributed by atoms with van der Waals surface area (Å²) >= 11 is 5.90. The fraction of sp³-hybridized carbons (Fsp3) is 0.462. The van der Waals surface area contributed by atoms with E-state index in [1.165, 1.54) is 7.11 Å². The lowest BCUT2D eigenvalue weighted by Crippen LogP contribution is -2.35. The van der Waals surface area contributed by atoms with E-state index in [1.54, 1.807) is 32.0 Å². The second kappa shape index (κ2) is 5.52. The molecule has 0 aromatic heterocycles. The average Bonchev–Trinajstić information content (AvgIpc) is 2.28. The van der Waals surface area contributed by atoms with Crippen LogP contribution in [-0.4, -0.2) is 25.1 Å². The Morgan fingerprint density at radius 1 is 1.41 bits per heavy atom. The van der Waals surface area contributed by atoms with Crippen molar-refractivity contribution in [1.82, 2.24) is 0 Å². The lowest BCUT2D eigenvalue weighted by molar-refractivity contribution is 0.00107. The molecule has 1 aromatic carbocycles. The summed E-state index contributed by atoms with van der Waals surface area (Å²) in [5.41, 5.74) is -0.439. The number of halogens is 1. The highest BCUT2D eigenvalue weighted by Crippen LogP contribution is 2.27. The van der Waals surface area contributed by atoms with Gasteiger partial charge < -0.3 is 9.47 Å². The average molecular weight is 257 g/mol. The lowest BCUT2D eigenvalue weighted by Gasteiger charge is -2.24. The summed E-state index contributed by atoms with van der Waals surface area (Å²) in [7, 11) is 1.52. The molecule has 0 saturated carbocycles. The highest BCUT2D eigenvalue weighted by Gasteiger charge is 2.31. The molecule has 0 aliphatic carbocycles. The highest BCUT2D eigenvalue weighted by molar-refractivity contribution is 6.31. The van der Waals surface area contributed by atoms with Crippen LogP contribution in [0.25, 0.3) is 0 Å². The fourth-order valence-electron chi connectivity index (χ4n) is 1.61. The molecular formula is C13H17ClO3. The first kappa shape index (κ1) is 14.0. The highest BCUT2D eigenvalue weighted by atomic mass is 35.5. The Labute approximate surface area is 107 Å². The third-order valence-electron chi connectivity index (χ3n) is 2.46. The van der Waals surface area contributed by atoms with Gasteiger partial charge in [-0.1, -0.05) is 11.6 Å². The van der Waals surface area contributed by atoms with E-state index in [9.17, 15) is 4.79 Å². The van der Waals surface area contributed by atoms with Crippen LogP contribution in [0, 0.1) is 0 Å². The number of ketones is 1. The standard InChI is InChI=1S/C13H17ClO3/c1-5-17-13(2,3)12(15)10-8-9(14)6-7-11(10)16-4/h6-8H,5H2,1-4H3. The van der Waals surface area contributed by atoms with E-state index in [2.05, 4.69) is 0 Å². The van der Waals surface area contributed by atoms with Gasteiger partial charge in [-0.15, -0.1) is 0 Å². The summed E-state index contributed by atoms with van der Waals surface area (Å²) in [6.45, 7) is 5.80. The molecule has 0 unspecified atom stereocenters. The van der Waals surface area contributed by atoms with Crippen molar-refractivity contribution < 1.29 is 14.3 Å². The van der Waals surface area contributed by atoms with Gasteiger partial charge in [-0.3, -0.25) is 4.79 Å². The second-order valence-corrected chi connectivity index (χ2v) is 4.55. The van der Waals surface area contributed by atoms with Crippen molar-refractivity contribution in [2.75, 3.05) is 13.7 Å². The Morgan fingerprint density at radius 2 is 2.06 bits per heavy atom. The molecule has 0 amide bonds. The fourth-order valence-corrected chi connectivity index (χ4v) is 1.78. The molecule has 1 aromatic rings. The molecule has 3 nitrogen and oxygen atoms in total. The zero-order valence-corrected chi connectivity index (χ0v) is 11.3. The third kappa shape index (κ3) is 3.20. The van der Waals surface area contributed by atoms with Gasteiger partial charge in [0.1, 0.15) is 11.4 Å². The predicted molar refractivity (Wildman–Crippen MR) is 68.0 cm³/mol. The minimum atomic E-state index is -0.882. The molecule has 1 rings (SSSR count). The van der Waals surface area contributed by atoms with Gasteiger partial charge in [0.05, 0.1) is 12.7 Å². The number of rotatable bonds is 5. The van der Waals surface area contributed by atoms with Crippen LogP contribution in [0.5, 0.6) is 5.75 Å². The Balaban J connectivity index is 3.15. The molecule has 0 radical (unpaired) electrons. The number of benzene rings is 1. The summed E-state index contributed by atoms with van der Waals surface area (Å²) in [6.07, 6.45) is 0. The molecular weight excluding hydrogens is 240 g/mol. The van der Waals surface area contributed by atoms with E-state index in [0.717, 1.165) is 0 Å². The smallest absolute Gasteiger partial charge is 0.197 e. The number of carbonyl (C=O) groups is 1. The van der Waals surface area contributed by atoms with Crippen LogP contribution in [0.15, 0.2) is 18.2 Å². The maximum absolute atomic E-state index is 12.3. The van der Waals surface area contributed by atoms with E-state index in [4.69, 9.17) is 21.1 Å². The van der Waals surface area contributed by atoms with Gasteiger partial charge in [-0.05, 0) is 39.0 Å². The zero-order valence-electron chi connectivity index (χ0n) is 10.5. The van der Waals surface area contributed by atoms with Crippen molar-refractivity contribution in [3.8, 4) is 5.75 Å². The number of methoxy groups -OCH3 is 1. The van der Waals surface area contributed by atoms with Gasteiger partial charge in [0.25, 0.3) is 0 Å².